The largest absolute Gasteiger partial charge is 0.383 e. The van der Waals surface area contributed by atoms with E-state index in [4.69, 9.17) is 21.3 Å². The van der Waals surface area contributed by atoms with Crippen molar-refractivity contribution in [2.24, 2.45) is 0 Å². The Hall–Kier alpha value is -3.01. The van der Waals surface area contributed by atoms with E-state index < -0.39 is 0 Å². The number of thiazole rings is 1. The van der Waals surface area contributed by atoms with Gasteiger partial charge in [-0.1, -0.05) is 22.9 Å². The summed E-state index contributed by atoms with van der Waals surface area (Å²) in [6.45, 7) is 1.08. The van der Waals surface area contributed by atoms with Gasteiger partial charge in [0.15, 0.2) is 10.9 Å². The van der Waals surface area contributed by atoms with Crippen LogP contribution in [0.25, 0.3) is 21.3 Å². The molecule has 33 heavy (non-hydrogen) atoms. The fourth-order valence-electron chi connectivity index (χ4n) is 3.44. The van der Waals surface area contributed by atoms with Crippen LogP contribution >= 0.6 is 22.9 Å². The fraction of sp³-hybridized carbons (Fsp3) is 0.304. The number of nitrogens with one attached hydrogen (secondary N) is 1. The molecule has 4 rings (SSSR count). The molecule has 0 saturated carbocycles. The van der Waals surface area contributed by atoms with Crippen molar-refractivity contribution in [3.8, 4) is 0 Å². The molecule has 1 amide bonds. The van der Waals surface area contributed by atoms with Crippen LogP contribution in [0.15, 0.2) is 36.4 Å². The summed E-state index contributed by atoms with van der Waals surface area (Å²) in [4.78, 5) is 35.3. The van der Waals surface area contributed by atoms with Crippen LogP contribution in [0.3, 0.4) is 0 Å². The second-order valence-electron chi connectivity index (χ2n) is 7.75. The number of carbonyl (C=O) groups is 2. The van der Waals surface area contributed by atoms with Crippen LogP contribution in [0.5, 0.6) is 0 Å². The number of nitrogens with zero attached hydrogens (tertiary/aromatic N) is 4. The minimum Gasteiger partial charge on any atom is -0.383 e. The minimum atomic E-state index is -0.0869. The minimum absolute atomic E-state index is 0.0723. The molecule has 0 bridgehead atoms. The summed E-state index contributed by atoms with van der Waals surface area (Å²) in [5.74, 6) is 0.451. The molecule has 0 fully saturated rings. The first kappa shape index (κ1) is 23.2. The molecular weight excluding hydrogens is 462 g/mol. The van der Waals surface area contributed by atoms with Gasteiger partial charge in [-0.3, -0.25) is 9.59 Å². The van der Waals surface area contributed by atoms with Gasteiger partial charge in [0.05, 0.1) is 27.9 Å². The number of ether oxygens (including phenoxy) is 1. The molecule has 8 nitrogen and oxygen atoms in total. The van der Waals surface area contributed by atoms with E-state index in [9.17, 15) is 9.59 Å². The molecule has 0 aliphatic heterocycles. The maximum absolute atomic E-state index is 12.6. The number of imidazole rings is 1. The second kappa shape index (κ2) is 9.86. The van der Waals surface area contributed by atoms with Gasteiger partial charge in [-0.25, -0.2) is 9.97 Å². The van der Waals surface area contributed by atoms with Crippen molar-refractivity contribution in [3.63, 3.8) is 0 Å². The lowest BCUT2D eigenvalue weighted by molar-refractivity contribution is -0.128. The van der Waals surface area contributed by atoms with Crippen LogP contribution in [0.1, 0.15) is 23.2 Å². The lowest BCUT2D eigenvalue weighted by Gasteiger charge is -2.10. The van der Waals surface area contributed by atoms with Gasteiger partial charge in [0.25, 0.3) is 0 Å². The Kier molecular flexibility index (Phi) is 6.92. The average molecular weight is 486 g/mol. The molecule has 172 valence electrons. The van der Waals surface area contributed by atoms with Gasteiger partial charge < -0.3 is 19.5 Å². The van der Waals surface area contributed by atoms with E-state index in [1.807, 2.05) is 28.8 Å². The number of benzene rings is 2. The zero-order chi connectivity index (χ0) is 23.5. The van der Waals surface area contributed by atoms with Gasteiger partial charge in [-0.15, -0.1) is 0 Å². The third-order valence-electron chi connectivity index (χ3n) is 5.22. The predicted octanol–water partition coefficient (Wildman–Crippen LogP) is 4.74. The van der Waals surface area contributed by atoms with E-state index in [-0.39, 0.29) is 24.5 Å². The first-order valence-corrected chi connectivity index (χ1v) is 11.6. The molecule has 10 heteroatoms. The van der Waals surface area contributed by atoms with Crippen molar-refractivity contribution >= 4 is 67.0 Å². The Balaban J connectivity index is 1.63. The number of Topliss-reactive ketones (excluding diaryl/α,β-unsaturated/α-hetero) is 1. The third-order valence-corrected chi connectivity index (χ3v) is 6.39. The molecule has 0 atom stereocenters. The van der Waals surface area contributed by atoms with Crippen molar-refractivity contribution in [1.82, 2.24) is 19.4 Å². The van der Waals surface area contributed by atoms with Gasteiger partial charge >= 0.3 is 0 Å². The standard InChI is InChI=1S/C23H24ClN5O3S/c1-28(2)21(31)9-8-19(30)14-4-7-18-17(12-14)25-22(29(18)10-11-32-3)27-23-26-16-6-5-15(24)13-20(16)33-23/h4-7,12-13H,8-11H2,1-3H3,(H,25,26,27). The molecule has 0 saturated heterocycles. The number of aromatic nitrogens is 3. The maximum Gasteiger partial charge on any atom is 0.222 e. The number of amides is 1. The normalized spacial score (nSPS) is 11.3. The summed E-state index contributed by atoms with van der Waals surface area (Å²) in [5, 5.41) is 4.66. The molecule has 0 unspecified atom stereocenters. The zero-order valence-corrected chi connectivity index (χ0v) is 20.2. The lowest BCUT2D eigenvalue weighted by Crippen LogP contribution is -2.22. The number of hydrogen-bond donors (Lipinski definition) is 1. The topological polar surface area (TPSA) is 89.3 Å². The van der Waals surface area contributed by atoms with E-state index in [1.54, 1.807) is 33.3 Å². The summed E-state index contributed by atoms with van der Waals surface area (Å²) < 4.78 is 8.25. The number of rotatable bonds is 9. The summed E-state index contributed by atoms with van der Waals surface area (Å²) in [5.41, 5.74) is 2.94. The number of ketones is 1. The van der Waals surface area contributed by atoms with Crippen molar-refractivity contribution in [2.45, 2.75) is 19.4 Å². The Labute approximate surface area is 200 Å². The Bertz CT molecular complexity index is 1330. The Morgan fingerprint density at radius 1 is 1.12 bits per heavy atom. The first-order chi connectivity index (χ1) is 15.9. The maximum atomic E-state index is 12.6. The molecule has 0 aliphatic rings. The van der Waals surface area contributed by atoms with E-state index in [0.717, 1.165) is 15.7 Å². The van der Waals surface area contributed by atoms with Crippen molar-refractivity contribution in [2.75, 3.05) is 33.1 Å². The number of carbonyl (C=O) groups excluding carboxylic acids is 2. The van der Waals surface area contributed by atoms with Gasteiger partial charge in [0.2, 0.25) is 11.9 Å². The second-order valence-corrected chi connectivity index (χ2v) is 9.22. The SMILES string of the molecule is COCCn1c(Nc2nc3ccc(Cl)cc3s2)nc2cc(C(=O)CCC(=O)N(C)C)ccc21. The summed E-state index contributed by atoms with van der Waals surface area (Å²) in [6, 6.07) is 11.0. The van der Waals surface area contributed by atoms with Crippen LogP contribution in [0.4, 0.5) is 11.1 Å². The molecule has 2 aromatic heterocycles. The fourth-order valence-corrected chi connectivity index (χ4v) is 4.58. The number of fused-ring (bicyclic) bond motifs is 2. The summed E-state index contributed by atoms with van der Waals surface area (Å²) in [6.07, 6.45) is 0.340. The van der Waals surface area contributed by atoms with E-state index in [0.29, 0.717) is 40.3 Å². The third kappa shape index (κ3) is 5.16. The molecule has 4 aromatic rings. The number of halogens is 1. The van der Waals surface area contributed by atoms with Crippen LogP contribution < -0.4 is 5.32 Å². The number of methoxy groups -OCH3 is 1. The smallest absolute Gasteiger partial charge is 0.222 e. The van der Waals surface area contributed by atoms with Crippen LogP contribution in [0, 0.1) is 0 Å². The molecule has 2 heterocycles. The quantitative estimate of drug-likeness (QED) is 0.344. The van der Waals surface area contributed by atoms with Crippen LogP contribution in [0.2, 0.25) is 5.02 Å². The van der Waals surface area contributed by atoms with Crippen LogP contribution in [-0.2, 0) is 16.1 Å². The molecule has 0 radical (unpaired) electrons. The molecule has 2 aromatic carbocycles. The highest BCUT2D eigenvalue weighted by Crippen LogP contribution is 2.31. The van der Waals surface area contributed by atoms with Crippen molar-refractivity contribution in [1.29, 1.82) is 0 Å². The van der Waals surface area contributed by atoms with Gasteiger partial charge in [0, 0.05) is 51.2 Å². The van der Waals surface area contributed by atoms with Crippen molar-refractivity contribution in [3.05, 3.63) is 47.0 Å². The lowest BCUT2D eigenvalue weighted by atomic mass is 10.1. The zero-order valence-electron chi connectivity index (χ0n) is 18.6. The predicted molar refractivity (Wildman–Crippen MR) is 132 cm³/mol. The molecule has 1 N–H and O–H groups in total. The van der Waals surface area contributed by atoms with Crippen LogP contribution in [-0.4, -0.2) is 58.9 Å². The summed E-state index contributed by atoms with van der Waals surface area (Å²) >= 11 is 7.59. The molecular formula is C23H24ClN5O3S. The molecule has 0 spiro atoms. The molecule has 0 aliphatic carbocycles. The van der Waals surface area contributed by atoms with E-state index in [2.05, 4.69) is 10.3 Å². The highest BCUT2D eigenvalue weighted by atomic mass is 35.5. The monoisotopic (exact) mass is 485 g/mol. The Morgan fingerprint density at radius 2 is 1.94 bits per heavy atom. The van der Waals surface area contributed by atoms with Gasteiger partial charge in [0.1, 0.15) is 0 Å². The first-order valence-electron chi connectivity index (χ1n) is 10.4. The van der Waals surface area contributed by atoms with Gasteiger partial charge in [-0.05, 0) is 36.4 Å². The summed E-state index contributed by atoms with van der Waals surface area (Å²) in [7, 11) is 5.01. The number of anilines is 2. The van der Waals surface area contributed by atoms with E-state index >= 15 is 0 Å². The number of hydrogen-bond acceptors (Lipinski definition) is 7. The Morgan fingerprint density at radius 3 is 2.70 bits per heavy atom. The average Bonchev–Trinajstić information content (AvgIpc) is 3.34. The highest BCUT2D eigenvalue weighted by Gasteiger charge is 2.16. The van der Waals surface area contributed by atoms with E-state index in [1.165, 1.54) is 16.2 Å². The van der Waals surface area contributed by atoms with Crippen molar-refractivity contribution < 1.29 is 14.3 Å². The highest BCUT2D eigenvalue weighted by molar-refractivity contribution is 7.22. The van der Waals surface area contributed by atoms with Gasteiger partial charge in [-0.2, -0.15) is 0 Å².